The van der Waals surface area contributed by atoms with Gasteiger partial charge in [0.1, 0.15) is 5.65 Å². The van der Waals surface area contributed by atoms with E-state index in [1.165, 1.54) is 5.56 Å². The number of carbonyl (C=O) groups excluding carboxylic acids is 1. The van der Waals surface area contributed by atoms with Crippen molar-refractivity contribution in [2.45, 2.75) is 32.9 Å². The Bertz CT molecular complexity index is 987. The Morgan fingerprint density at radius 3 is 2.77 bits per heavy atom. The molecule has 31 heavy (non-hydrogen) atoms. The first-order chi connectivity index (χ1) is 15.0. The van der Waals surface area contributed by atoms with E-state index >= 15 is 0 Å². The molecule has 166 valence electrons. The summed E-state index contributed by atoms with van der Waals surface area (Å²) in [4.78, 5) is 19.7. The number of benzene rings is 1. The van der Waals surface area contributed by atoms with Crippen LogP contribution in [0.1, 0.15) is 34.2 Å². The van der Waals surface area contributed by atoms with Gasteiger partial charge in [0.25, 0.3) is 5.91 Å². The lowest BCUT2D eigenvalue weighted by molar-refractivity contribution is 0.0426. The number of aliphatic hydroxyl groups excluding tert-OH is 1. The summed E-state index contributed by atoms with van der Waals surface area (Å²) in [5.74, 6) is -0.106. The largest absolute Gasteiger partial charge is 0.389 e. The quantitative estimate of drug-likeness (QED) is 0.494. The number of rotatable bonds is 11. The van der Waals surface area contributed by atoms with Gasteiger partial charge in [-0.15, -0.1) is 0 Å². The highest BCUT2D eigenvalue weighted by atomic mass is 16.5. The Labute approximate surface area is 183 Å². The van der Waals surface area contributed by atoms with E-state index in [0.29, 0.717) is 31.9 Å². The highest BCUT2D eigenvalue weighted by Gasteiger charge is 2.22. The number of aryl methyl sites for hydroxylation is 1. The first-order valence-electron chi connectivity index (χ1n) is 10.7. The number of nitrogens with zero attached hydrogens (tertiary/aromatic N) is 3. The summed E-state index contributed by atoms with van der Waals surface area (Å²) >= 11 is 0. The predicted octanol–water partition coefficient (Wildman–Crippen LogP) is 2.44. The number of aliphatic hydroxyl groups is 1. The molecule has 1 amide bonds. The summed E-state index contributed by atoms with van der Waals surface area (Å²) < 4.78 is 7.21. The van der Waals surface area contributed by atoms with Gasteiger partial charge in [-0.2, -0.15) is 0 Å². The summed E-state index contributed by atoms with van der Waals surface area (Å²) in [7, 11) is 1.81. The number of amides is 1. The number of ether oxygens (including phenoxy) is 1. The van der Waals surface area contributed by atoms with Gasteiger partial charge in [-0.25, -0.2) is 4.98 Å². The highest BCUT2D eigenvalue weighted by Crippen LogP contribution is 2.18. The first-order valence-corrected chi connectivity index (χ1v) is 10.7. The van der Waals surface area contributed by atoms with Gasteiger partial charge in [-0.1, -0.05) is 36.4 Å². The molecule has 7 nitrogen and oxygen atoms in total. The molecule has 0 radical (unpaired) electrons. The minimum Gasteiger partial charge on any atom is -0.389 e. The molecule has 0 aliphatic rings. The van der Waals surface area contributed by atoms with Crippen LogP contribution in [0.5, 0.6) is 0 Å². The molecule has 0 aliphatic carbocycles. The monoisotopic (exact) mass is 424 g/mol. The normalized spacial score (nSPS) is 12.3. The second-order valence-corrected chi connectivity index (χ2v) is 7.70. The number of likely N-dealkylation sites (N-methyl/N-ethyl adjacent to an activating group) is 1. The Kier molecular flexibility index (Phi) is 8.17. The molecular weight excluding hydrogens is 392 g/mol. The van der Waals surface area contributed by atoms with Gasteiger partial charge in [0, 0.05) is 39.5 Å². The molecule has 2 N–H and O–H groups in total. The fraction of sp³-hybridized carbons (Fsp3) is 0.417. The minimum absolute atomic E-state index is 0.106. The number of aromatic nitrogens is 2. The van der Waals surface area contributed by atoms with Gasteiger partial charge in [0.05, 0.1) is 18.4 Å². The van der Waals surface area contributed by atoms with E-state index in [1.807, 2.05) is 61.8 Å². The van der Waals surface area contributed by atoms with Crippen LogP contribution >= 0.6 is 0 Å². The van der Waals surface area contributed by atoms with Gasteiger partial charge < -0.3 is 24.5 Å². The van der Waals surface area contributed by atoms with E-state index in [0.717, 1.165) is 23.3 Å². The van der Waals surface area contributed by atoms with Crippen LogP contribution in [0.25, 0.3) is 5.65 Å². The van der Waals surface area contributed by atoms with Crippen LogP contribution in [0.15, 0.2) is 48.7 Å². The smallest absolute Gasteiger partial charge is 0.274 e. The summed E-state index contributed by atoms with van der Waals surface area (Å²) in [5.41, 5.74) is 4.20. The van der Waals surface area contributed by atoms with Crippen molar-refractivity contribution in [3.8, 4) is 0 Å². The standard InChI is InChI=1S/C24H32N4O3/c1-4-31-17-20(29)15-25-16-21-22(26-23-18(2)9-8-13-28(21)23)24(30)27(3)14-12-19-10-6-5-7-11-19/h5-11,13,20,25,29H,4,12,14-17H2,1-3H3/t20-/m1/s1. The van der Waals surface area contributed by atoms with Gasteiger partial charge in [-0.05, 0) is 37.5 Å². The number of imidazole rings is 1. The molecule has 3 aromatic rings. The Hall–Kier alpha value is -2.74. The van der Waals surface area contributed by atoms with Crippen LogP contribution in [-0.4, -0.2) is 64.8 Å². The van der Waals surface area contributed by atoms with Crippen molar-refractivity contribution in [3.63, 3.8) is 0 Å². The average Bonchev–Trinajstić information content (AvgIpc) is 3.16. The summed E-state index contributed by atoms with van der Waals surface area (Å²) in [6, 6.07) is 14.1. The SMILES string of the molecule is CCOC[C@H](O)CNCc1c(C(=O)N(C)CCc2ccccc2)nc2c(C)cccn12. The number of fused-ring (bicyclic) bond motifs is 1. The number of hydrogen-bond donors (Lipinski definition) is 2. The number of nitrogens with one attached hydrogen (secondary N) is 1. The molecule has 2 heterocycles. The number of hydrogen-bond acceptors (Lipinski definition) is 5. The molecule has 0 saturated carbocycles. The third-order valence-electron chi connectivity index (χ3n) is 5.26. The first kappa shape index (κ1) is 22.9. The molecular formula is C24H32N4O3. The maximum absolute atomic E-state index is 13.3. The molecule has 0 bridgehead atoms. The lowest BCUT2D eigenvalue weighted by atomic mass is 10.1. The molecule has 0 saturated heterocycles. The lowest BCUT2D eigenvalue weighted by Gasteiger charge is -2.17. The Balaban J connectivity index is 1.75. The highest BCUT2D eigenvalue weighted by molar-refractivity contribution is 5.94. The average molecular weight is 425 g/mol. The third kappa shape index (κ3) is 5.91. The molecule has 3 rings (SSSR count). The van der Waals surface area contributed by atoms with Crippen LogP contribution < -0.4 is 5.32 Å². The van der Waals surface area contributed by atoms with Crippen molar-refractivity contribution < 1.29 is 14.6 Å². The van der Waals surface area contributed by atoms with Gasteiger partial charge in [0.15, 0.2) is 5.69 Å². The zero-order valence-corrected chi connectivity index (χ0v) is 18.5. The molecule has 1 atom stereocenters. The van der Waals surface area contributed by atoms with Gasteiger partial charge >= 0.3 is 0 Å². The molecule has 0 unspecified atom stereocenters. The van der Waals surface area contributed by atoms with E-state index in [-0.39, 0.29) is 12.5 Å². The van der Waals surface area contributed by atoms with Crippen molar-refractivity contribution in [1.29, 1.82) is 0 Å². The van der Waals surface area contributed by atoms with Crippen molar-refractivity contribution >= 4 is 11.6 Å². The van der Waals surface area contributed by atoms with E-state index < -0.39 is 6.10 Å². The summed E-state index contributed by atoms with van der Waals surface area (Å²) in [6.45, 7) is 6.13. The van der Waals surface area contributed by atoms with E-state index in [1.54, 1.807) is 4.90 Å². The van der Waals surface area contributed by atoms with E-state index in [9.17, 15) is 9.90 Å². The zero-order valence-electron chi connectivity index (χ0n) is 18.5. The van der Waals surface area contributed by atoms with Crippen molar-refractivity contribution in [3.05, 3.63) is 71.2 Å². The molecule has 0 aliphatic heterocycles. The van der Waals surface area contributed by atoms with Gasteiger partial charge in [-0.3, -0.25) is 4.79 Å². The fourth-order valence-electron chi connectivity index (χ4n) is 3.49. The maximum atomic E-state index is 13.3. The molecule has 0 fully saturated rings. The van der Waals surface area contributed by atoms with Crippen molar-refractivity contribution in [2.24, 2.45) is 0 Å². The molecule has 7 heteroatoms. The van der Waals surface area contributed by atoms with E-state index in [2.05, 4.69) is 22.4 Å². The Morgan fingerprint density at radius 1 is 1.26 bits per heavy atom. The van der Waals surface area contributed by atoms with Crippen LogP contribution in [-0.2, 0) is 17.7 Å². The van der Waals surface area contributed by atoms with Crippen molar-refractivity contribution in [1.82, 2.24) is 19.6 Å². The Morgan fingerprint density at radius 2 is 2.03 bits per heavy atom. The van der Waals surface area contributed by atoms with Crippen LogP contribution in [0.4, 0.5) is 0 Å². The zero-order chi connectivity index (χ0) is 22.2. The maximum Gasteiger partial charge on any atom is 0.274 e. The lowest BCUT2D eigenvalue weighted by Crippen LogP contribution is -2.33. The topological polar surface area (TPSA) is 79.1 Å². The van der Waals surface area contributed by atoms with Crippen LogP contribution in [0, 0.1) is 6.92 Å². The molecule has 2 aromatic heterocycles. The summed E-state index contributed by atoms with van der Waals surface area (Å²) in [6.07, 6.45) is 2.10. The van der Waals surface area contributed by atoms with Crippen LogP contribution in [0.3, 0.4) is 0 Å². The number of carbonyl (C=O) groups is 1. The molecule has 1 aromatic carbocycles. The summed E-state index contributed by atoms with van der Waals surface area (Å²) in [5, 5.41) is 13.3. The second kappa shape index (κ2) is 11.0. The van der Waals surface area contributed by atoms with Crippen molar-refractivity contribution in [2.75, 3.05) is 33.4 Å². The van der Waals surface area contributed by atoms with Crippen LogP contribution in [0.2, 0.25) is 0 Å². The van der Waals surface area contributed by atoms with Gasteiger partial charge in [0.2, 0.25) is 0 Å². The third-order valence-corrected chi connectivity index (χ3v) is 5.26. The minimum atomic E-state index is -0.603. The fourth-order valence-corrected chi connectivity index (χ4v) is 3.49. The predicted molar refractivity (Wildman–Crippen MR) is 121 cm³/mol. The number of pyridine rings is 1. The second-order valence-electron chi connectivity index (χ2n) is 7.70. The van der Waals surface area contributed by atoms with E-state index in [4.69, 9.17) is 4.74 Å². The molecule has 0 spiro atoms.